The molecule has 0 aliphatic carbocycles. The number of pyridine rings is 1. The summed E-state index contributed by atoms with van der Waals surface area (Å²) >= 11 is 0. The summed E-state index contributed by atoms with van der Waals surface area (Å²) in [5, 5.41) is 3.23. The van der Waals surface area contributed by atoms with Gasteiger partial charge in [-0.05, 0) is 86.0 Å². The van der Waals surface area contributed by atoms with Gasteiger partial charge >= 0.3 is 5.97 Å². The van der Waals surface area contributed by atoms with E-state index in [1.165, 1.54) is 24.6 Å². The molecule has 10 heteroatoms. The lowest BCUT2D eigenvalue weighted by Crippen LogP contribution is -2.40. The molecule has 1 aliphatic heterocycles. The molecule has 0 radical (unpaired) electrons. The number of aromatic nitrogens is 1. The van der Waals surface area contributed by atoms with Crippen molar-refractivity contribution in [2.75, 3.05) is 6.61 Å². The first kappa shape index (κ1) is 28.9. The summed E-state index contributed by atoms with van der Waals surface area (Å²) < 4.78 is 49.4. The smallest absolute Gasteiger partial charge is 0.308 e. The number of nitrogens with one attached hydrogen (secondary N) is 1. The van der Waals surface area contributed by atoms with E-state index in [2.05, 4.69) is 5.32 Å². The van der Waals surface area contributed by atoms with Gasteiger partial charge in [-0.25, -0.2) is 8.78 Å². The van der Waals surface area contributed by atoms with Crippen molar-refractivity contribution < 1.29 is 32.3 Å². The Morgan fingerprint density at radius 3 is 2.61 bits per heavy atom. The molecule has 4 bridgehead atoms. The molecule has 224 valence electrons. The van der Waals surface area contributed by atoms with Crippen LogP contribution in [0.5, 0.6) is 11.5 Å². The van der Waals surface area contributed by atoms with Gasteiger partial charge in [0.2, 0.25) is 5.91 Å². The fourth-order valence-corrected chi connectivity index (χ4v) is 5.68. The number of aryl methyl sites for hydroxylation is 2. The van der Waals surface area contributed by atoms with Crippen molar-refractivity contribution in [1.29, 1.82) is 0 Å². The highest BCUT2D eigenvalue weighted by Crippen LogP contribution is 2.40. The largest absolute Gasteiger partial charge is 0.466 e. The molecule has 6 rings (SSSR count). The van der Waals surface area contributed by atoms with Crippen LogP contribution in [-0.2, 0) is 14.3 Å². The molecule has 1 amide bonds. The number of nitrogens with zero attached hydrogens (tertiary/aromatic N) is 1. The summed E-state index contributed by atoms with van der Waals surface area (Å²) in [6.07, 6.45) is 2.28. The number of carbonyl (C=O) groups excluding carboxylic acids is 2. The molecule has 1 aliphatic rings. The van der Waals surface area contributed by atoms with E-state index in [-0.39, 0.29) is 34.6 Å². The quantitative estimate of drug-likeness (QED) is 0.232. The summed E-state index contributed by atoms with van der Waals surface area (Å²) in [6, 6.07) is 12.9. The average Bonchev–Trinajstić information content (AvgIpc) is 3.47. The monoisotopic (exact) mass is 598 g/mol. The van der Waals surface area contributed by atoms with E-state index in [0.29, 0.717) is 22.3 Å². The molecule has 3 aromatic carbocycles. The third kappa shape index (κ3) is 5.12. The first-order valence-electron chi connectivity index (χ1n) is 14.1. The van der Waals surface area contributed by atoms with Gasteiger partial charge in [-0.2, -0.15) is 0 Å². The van der Waals surface area contributed by atoms with Gasteiger partial charge in [0.05, 0.1) is 25.3 Å². The Morgan fingerprint density at radius 1 is 1.00 bits per heavy atom. The van der Waals surface area contributed by atoms with Crippen molar-refractivity contribution in [2.24, 2.45) is 0 Å². The Hall–Kier alpha value is -5.25. The topological polar surface area (TPSA) is 99.8 Å². The third-order valence-corrected chi connectivity index (χ3v) is 7.73. The summed E-state index contributed by atoms with van der Waals surface area (Å²) in [7, 11) is 0. The van der Waals surface area contributed by atoms with Crippen LogP contribution in [0.4, 0.5) is 8.78 Å². The first-order valence-corrected chi connectivity index (χ1v) is 14.1. The van der Waals surface area contributed by atoms with Crippen LogP contribution < -0.4 is 15.6 Å². The zero-order chi connectivity index (χ0) is 31.1. The number of esters is 1. The fraction of sp³-hybridized carbons (Fsp3) is 0.206. The first-order chi connectivity index (χ1) is 21.2. The predicted octanol–water partition coefficient (Wildman–Crippen LogP) is 6.66. The standard InChI is InChI=1S/C34H28F2N2O6/c1-4-42-28(39)17-26-24-15-21(14-19(3)30(24)36)29-18(2)6-5-7-27(29)44-22-8-9-25(35)23(16-22)31(33(40)37-26)38-12-10-20-11-13-43-32(20)34(38)41/h5-16,26,31H,4,17H2,1-3H3,(H,37,40)/t26-,31+/m0/s1. The van der Waals surface area contributed by atoms with Gasteiger partial charge in [0, 0.05) is 28.3 Å². The summed E-state index contributed by atoms with van der Waals surface area (Å²) in [4.78, 5) is 40.6. The second-order valence-electron chi connectivity index (χ2n) is 10.6. The fourth-order valence-electron chi connectivity index (χ4n) is 5.68. The van der Waals surface area contributed by atoms with E-state index in [4.69, 9.17) is 13.9 Å². The van der Waals surface area contributed by atoms with Crippen LogP contribution in [0.25, 0.3) is 22.1 Å². The maximum absolute atomic E-state index is 15.9. The highest BCUT2D eigenvalue weighted by atomic mass is 19.1. The lowest BCUT2D eigenvalue weighted by atomic mass is 9.92. The number of halogens is 2. The number of fused-ring (bicyclic) bond motifs is 7. The molecule has 2 atom stereocenters. The molecule has 0 unspecified atom stereocenters. The van der Waals surface area contributed by atoms with Gasteiger partial charge in [-0.15, -0.1) is 0 Å². The average molecular weight is 599 g/mol. The van der Waals surface area contributed by atoms with Crippen molar-refractivity contribution in [2.45, 2.75) is 39.3 Å². The van der Waals surface area contributed by atoms with Crippen LogP contribution in [0.3, 0.4) is 0 Å². The summed E-state index contributed by atoms with van der Waals surface area (Å²) in [5.41, 5.74) is 1.46. The number of amides is 1. The maximum Gasteiger partial charge on any atom is 0.308 e. The second-order valence-corrected chi connectivity index (χ2v) is 10.6. The van der Waals surface area contributed by atoms with E-state index in [0.717, 1.165) is 16.2 Å². The number of hydrogen-bond acceptors (Lipinski definition) is 6. The Balaban J connectivity index is 1.64. The molecule has 5 aromatic rings. The predicted molar refractivity (Wildman–Crippen MR) is 159 cm³/mol. The van der Waals surface area contributed by atoms with Crippen molar-refractivity contribution in [3.63, 3.8) is 0 Å². The Morgan fingerprint density at radius 2 is 1.82 bits per heavy atom. The molecule has 0 saturated heterocycles. The van der Waals surface area contributed by atoms with Crippen molar-refractivity contribution in [1.82, 2.24) is 9.88 Å². The zero-order valence-electron chi connectivity index (χ0n) is 24.1. The summed E-state index contributed by atoms with van der Waals surface area (Å²) in [5.74, 6) is -2.34. The van der Waals surface area contributed by atoms with E-state index in [1.54, 1.807) is 50.2 Å². The lowest BCUT2D eigenvalue weighted by Gasteiger charge is -2.25. The van der Waals surface area contributed by atoms with Gasteiger partial charge in [-0.3, -0.25) is 19.0 Å². The van der Waals surface area contributed by atoms with Crippen molar-refractivity contribution in [3.05, 3.63) is 117 Å². The highest BCUT2D eigenvalue weighted by Gasteiger charge is 2.33. The van der Waals surface area contributed by atoms with Gasteiger partial charge in [0.1, 0.15) is 29.2 Å². The minimum atomic E-state index is -1.59. The van der Waals surface area contributed by atoms with Gasteiger partial charge in [0.25, 0.3) is 5.56 Å². The Bertz CT molecular complexity index is 2000. The second kappa shape index (κ2) is 11.4. The van der Waals surface area contributed by atoms with Crippen LogP contribution in [0, 0.1) is 25.5 Å². The van der Waals surface area contributed by atoms with E-state index in [9.17, 15) is 14.4 Å². The molecule has 0 spiro atoms. The molecule has 3 heterocycles. The van der Waals surface area contributed by atoms with Crippen LogP contribution in [0.2, 0.25) is 0 Å². The molecule has 0 saturated carbocycles. The number of ether oxygens (including phenoxy) is 2. The van der Waals surface area contributed by atoms with E-state index >= 15 is 8.78 Å². The minimum Gasteiger partial charge on any atom is -0.466 e. The summed E-state index contributed by atoms with van der Waals surface area (Å²) in [6.45, 7) is 5.17. The van der Waals surface area contributed by atoms with Crippen LogP contribution in [-0.4, -0.2) is 23.1 Å². The molecule has 8 nitrogen and oxygen atoms in total. The van der Waals surface area contributed by atoms with Gasteiger partial charge in [0.15, 0.2) is 5.58 Å². The van der Waals surface area contributed by atoms with Gasteiger partial charge in [-0.1, -0.05) is 12.1 Å². The lowest BCUT2D eigenvalue weighted by molar-refractivity contribution is -0.143. The number of rotatable bonds is 4. The highest BCUT2D eigenvalue weighted by molar-refractivity contribution is 5.86. The van der Waals surface area contributed by atoms with Crippen LogP contribution in [0.15, 0.2) is 82.3 Å². The van der Waals surface area contributed by atoms with Crippen LogP contribution in [0.1, 0.15) is 47.7 Å². The van der Waals surface area contributed by atoms with Crippen molar-refractivity contribution >= 4 is 22.8 Å². The normalized spacial score (nSPS) is 16.2. The van der Waals surface area contributed by atoms with E-state index in [1.807, 2.05) is 13.0 Å². The number of benzene rings is 3. The van der Waals surface area contributed by atoms with Crippen molar-refractivity contribution in [3.8, 4) is 22.6 Å². The number of furan rings is 1. The molecule has 2 aromatic heterocycles. The molecular weight excluding hydrogens is 570 g/mol. The zero-order valence-corrected chi connectivity index (χ0v) is 24.1. The molecule has 44 heavy (non-hydrogen) atoms. The maximum atomic E-state index is 15.9. The SMILES string of the molecule is CCOC(=O)C[C@@H]1NC(=O)[C@H](n2ccc3ccoc3c2=O)c2cc(ccc2F)Oc2cccc(C)c2-c2cc(C)c(F)c1c2. The van der Waals surface area contributed by atoms with Gasteiger partial charge < -0.3 is 19.2 Å². The number of hydrogen-bond donors (Lipinski definition) is 1. The Kier molecular flexibility index (Phi) is 7.50. The minimum absolute atomic E-state index is 0.0228. The van der Waals surface area contributed by atoms with E-state index < -0.39 is 47.6 Å². The molecular formula is C34H28F2N2O6. The number of carbonyl (C=O) groups is 2. The molecule has 1 N–H and O–H groups in total. The Labute approximate surface area is 250 Å². The molecule has 0 fully saturated rings. The van der Waals surface area contributed by atoms with Crippen LogP contribution >= 0.6 is 0 Å². The third-order valence-electron chi connectivity index (χ3n) is 7.73.